The van der Waals surface area contributed by atoms with Crippen LogP contribution in [0.25, 0.3) is 0 Å². The first kappa shape index (κ1) is 15.4. The zero-order chi connectivity index (χ0) is 16.2. The average Bonchev–Trinajstić information content (AvgIpc) is 2.56. The van der Waals surface area contributed by atoms with Gasteiger partial charge < -0.3 is 20.1 Å². The highest BCUT2D eigenvalue weighted by molar-refractivity contribution is 9.10. The van der Waals surface area contributed by atoms with E-state index in [4.69, 9.17) is 9.47 Å². The fraction of sp³-hybridized carbons (Fsp3) is 0.125. The number of carbonyl (C=O) groups excluding carboxylic acids is 2. The number of carbonyl (C=O) groups is 2. The van der Waals surface area contributed by atoms with Gasteiger partial charge in [0.25, 0.3) is 0 Å². The first-order chi connectivity index (χ1) is 11.1. The molecule has 0 aliphatic carbocycles. The summed E-state index contributed by atoms with van der Waals surface area (Å²) in [6.07, 6.45) is 0. The fourth-order valence-corrected chi connectivity index (χ4v) is 2.29. The van der Waals surface area contributed by atoms with Crippen LogP contribution in [0, 0.1) is 0 Å². The van der Waals surface area contributed by atoms with Crippen molar-refractivity contribution in [1.29, 1.82) is 0 Å². The molecule has 0 atom stereocenters. The number of nitrogens with one attached hydrogen (secondary N) is 2. The summed E-state index contributed by atoms with van der Waals surface area (Å²) in [5.74, 6) is -0.345. The molecule has 6 nitrogen and oxygen atoms in total. The van der Waals surface area contributed by atoms with Crippen molar-refractivity contribution in [3.05, 3.63) is 46.9 Å². The molecule has 2 amide bonds. The number of hydrogen-bond acceptors (Lipinski definition) is 4. The molecule has 0 bridgehead atoms. The summed E-state index contributed by atoms with van der Waals surface area (Å²) in [5.41, 5.74) is 1.00. The Balaban J connectivity index is 1.64. The maximum absolute atomic E-state index is 11.9. The third-order valence-electron chi connectivity index (χ3n) is 3.11. The lowest BCUT2D eigenvalue weighted by molar-refractivity contribution is -0.133. The monoisotopic (exact) mass is 376 g/mol. The lowest BCUT2D eigenvalue weighted by Crippen LogP contribution is -2.29. The quantitative estimate of drug-likeness (QED) is 0.790. The Morgan fingerprint density at radius 2 is 1.39 bits per heavy atom. The molecule has 2 N–H and O–H groups in total. The third kappa shape index (κ3) is 3.81. The maximum atomic E-state index is 11.9. The van der Waals surface area contributed by atoms with Crippen LogP contribution < -0.4 is 20.1 Å². The Morgan fingerprint density at radius 1 is 0.826 bits per heavy atom. The molecule has 23 heavy (non-hydrogen) atoms. The van der Waals surface area contributed by atoms with Crippen molar-refractivity contribution >= 4 is 39.1 Å². The molecule has 0 saturated carbocycles. The molecule has 0 radical (unpaired) electrons. The van der Waals surface area contributed by atoms with Gasteiger partial charge in [0.15, 0.2) is 11.5 Å². The largest absolute Gasteiger partial charge is 0.486 e. The predicted molar refractivity (Wildman–Crippen MR) is 88.8 cm³/mol. The minimum absolute atomic E-state index is 0.453. The standard InChI is InChI=1S/C16H13BrN2O4/c17-10-1-3-11(4-2-10)18-15(20)16(21)19-12-5-6-13-14(9-12)23-8-7-22-13/h1-6,9H,7-8H2,(H,18,20)(H,19,21). The molecule has 0 aromatic heterocycles. The van der Waals surface area contributed by atoms with Gasteiger partial charge >= 0.3 is 11.8 Å². The Morgan fingerprint density at radius 3 is 2.09 bits per heavy atom. The van der Waals surface area contributed by atoms with E-state index in [2.05, 4.69) is 26.6 Å². The van der Waals surface area contributed by atoms with E-state index in [9.17, 15) is 9.59 Å². The molecular formula is C16H13BrN2O4. The molecule has 0 saturated heterocycles. The van der Waals surface area contributed by atoms with Crippen molar-refractivity contribution in [3.63, 3.8) is 0 Å². The highest BCUT2D eigenvalue weighted by Gasteiger charge is 2.16. The van der Waals surface area contributed by atoms with Crippen LogP contribution >= 0.6 is 15.9 Å². The second kappa shape index (κ2) is 6.70. The van der Waals surface area contributed by atoms with Crippen LogP contribution in [0.15, 0.2) is 46.9 Å². The smallest absolute Gasteiger partial charge is 0.314 e. The van der Waals surface area contributed by atoms with Gasteiger partial charge in [0.1, 0.15) is 13.2 Å². The Hall–Kier alpha value is -2.54. The van der Waals surface area contributed by atoms with E-state index in [0.29, 0.717) is 36.1 Å². The summed E-state index contributed by atoms with van der Waals surface area (Å²) in [5, 5.41) is 5.05. The van der Waals surface area contributed by atoms with E-state index in [-0.39, 0.29) is 0 Å². The second-order valence-electron chi connectivity index (χ2n) is 4.77. The van der Waals surface area contributed by atoms with Gasteiger partial charge in [-0.25, -0.2) is 0 Å². The number of anilines is 2. The lowest BCUT2D eigenvalue weighted by Gasteiger charge is -2.18. The van der Waals surface area contributed by atoms with Gasteiger partial charge in [-0.1, -0.05) is 15.9 Å². The van der Waals surface area contributed by atoms with Crippen LogP contribution in [0.2, 0.25) is 0 Å². The number of rotatable bonds is 2. The van der Waals surface area contributed by atoms with E-state index in [0.717, 1.165) is 4.47 Å². The molecule has 1 heterocycles. The molecule has 3 rings (SSSR count). The minimum Gasteiger partial charge on any atom is -0.486 e. The molecule has 7 heteroatoms. The first-order valence-corrected chi connectivity index (χ1v) is 7.69. The van der Waals surface area contributed by atoms with Crippen LogP contribution in [0.5, 0.6) is 11.5 Å². The number of benzene rings is 2. The first-order valence-electron chi connectivity index (χ1n) is 6.89. The highest BCUT2D eigenvalue weighted by atomic mass is 79.9. The maximum Gasteiger partial charge on any atom is 0.314 e. The molecule has 2 aromatic carbocycles. The molecule has 0 spiro atoms. The Bertz CT molecular complexity index is 746. The van der Waals surface area contributed by atoms with Gasteiger partial charge in [0.05, 0.1) is 0 Å². The van der Waals surface area contributed by atoms with E-state index in [1.165, 1.54) is 0 Å². The van der Waals surface area contributed by atoms with E-state index < -0.39 is 11.8 Å². The number of ether oxygens (including phenoxy) is 2. The molecule has 2 aromatic rings. The van der Waals surface area contributed by atoms with Gasteiger partial charge in [0, 0.05) is 21.9 Å². The van der Waals surface area contributed by atoms with Crippen LogP contribution in [0.3, 0.4) is 0 Å². The van der Waals surface area contributed by atoms with Gasteiger partial charge in [-0.15, -0.1) is 0 Å². The van der Waals surface area contributed by atoms with Gasteiger partial charge in [-0.05, 0) is 36.4 Å². The molecule has 1 aliphatic heterocycles. The average molecular weight is 377 g/mol. The van der Waals surface area contributed by atoms with E-state index >= 15 is 0 Å². The highest BCUT2D eigenvalue weighted by Crippen LogP contribution is 2.32. The van der Waals surface area contributed by atoms with Crippen LogP contribution in [0.1, 0.15) is 0 Å². The molecular weight excluding hydrogens is 364 g/mol. The molecule has 1 aliphatic rings. The predicted octanol–water partition coefficient (Wildman–Crippen LogP) is 2.80. The Labute approximate surface area is 140 Å². The SMILES string of the molecule is O=C(Nc1ccc(Br)cc1)C(=O)Nc1ccc2c(c1)OCCO2. The Kier molecular flexibility index (Phi) is 4.47. The van der Waals surface area contributed by atoms with Crippen LogP contribution in [-0.2, 0) is 9.59 Å². The van der Waals surface area contributed by atoms with E-state index in [1.54, 1.807) is 42.5 Å². The summed E-state index contributed by atoms with van der Waals surface area (Å²) in [6.45, 7) is 0.947. The number of amides is 2. The lowest BCUT2D eigenvalue weighted by atomic mass is 10.2. The molecule has 0 fully saturated rings. The second-order valence-corrected chi connectivity index (χ2v) is 5.69. The topological polar surface area (TPSA) is 76.7 Å². The summed E-state index contributed by atoms with van der Waals surface area (Å²) in [4.78, 5) is 23.8. The molecule has 0 unspecified atom stereocenters. The van der Waals surface area contributed by atoms with Gasteiger partial charge in [-0.3, -0.25) is 9.59 Å². The van der Waals surface area contributed by atoms with Crippen molar-refractivity contribution in [1.82, 2.24) is 0 Å². The van der Waals surface area contributed by atoms with Gasteiger partial charge in [0.2, 0.25) is 0 Å². The summed E-state index contributed by atoms with van der Waals surface area (Å²) >= 11 is 3.30. The minimum atomic E-state index is -0.760. The van der Waals surface area contributed by atoms with Crippen molar-refractivity contribution in [2.24, 2.45) is 0 Å². The van der Waals surface area contributed by atoms with Gasteiger partial charge in [-0.2, -0.15) is 0 Å². The van der Waals surface area contributed by atoms with Crippen molar-refractivity contribution in [2.75, 3.05) is 23.8 Å². The summed E-state index contributed by atoms with van der Waals surface area (Å²) < 4.78 is 11.7. The zero-order valence-corrected chi connectivity index (χ0v) is 13.6. The number of halogens is 1. The fourth-order valence-electron chi connectivity index (χ4n) is 2.03. The van der Waals surface area contributed by atoms with Crippen molar-refractivity contribution in [3.8, 4) is 11.5 Å². The normalized spacial score (nSPS) is 12.4. The van der Waals surface area contributed by atoms with Crippen molar-refractivity contribution < 1.29 is 19.1 Å². The third-order valence-corrected chi connectivity index (χ3v) is 3.64. The summed E-state index contributed by atoms with van der Waals surface area (Å²) in [6, 6.07) is 11.9. The number of fused-ring (bicyclic) bond motifs is 1. The number of hydrogen-bond donors (Lipinski definition) is 2. The summed E-state index contributed by atoms with van der Waals surface area (Å²) in [7, 11) is 0. The van der Waals surface area contributed by atoms with Crippen molar-refractivity contribution in [2.45, 2.75) is 0 Å². The van der Waals surface area contributed by atoms with E-state index in [1.807, 2.05) is 0 Å². The zero-order valence-electron chi connectivity index (χ0n) is 12.0. The van der Waals surface area contributed by atoms with Crippen LogP contribution in [0.4, 0.5) is 11.4 Å². The van der Waals surface area contributed by atoms with Crippen LogP contribution in [-0.4, -0.2) is 25.0 Å². The molecule has 118 valence electrons.